The van der Waals surface area contributed by atoms with E-state index < -0.39 is 11.4 Å². The van der Waals surface area contributed by atoms with Gasteiger partial charge in [-0.25, -0.2) is 0 Å². The van der Waals surface area contributed by atoms with E-state index in [2.05, 4.69) is 5.32 Å². The highest BCUT2D eigenvalue weighted by Crippen LogP contribution is 2.22. The Morgan fingerprint density at radius 2 is 2.00 bits per heavy atom. The van der Waals surface area contributed by atoms with Crippen molar-refractivity contribution in [2.75, 3.05) is 19.8 Å². The molecule has 20 heavy (non-hydrogen) atoms. The quantitative estimate of drug-likeness (QED) is 0.810. The third kappa shape index (κ3) is 5.05. The highest BCUT2D eigenvalue weighted by molar-refractivity contribution is 7.98. The molecule has 0 aromatic carbocycles. The number of thioether (sulfide) groups is 1. The highest BCUT2D eigenvalue weighted by Gasteiger charge is 2.29. The number of alkyl halides is 2. The Hall–Kier alpha value is -0.630. The largest absolute Gasteiger partial charge is 0.464 e. The second-order valence-corrected chi connectivity index (χ2v) is 5.86. The molecule has 2 heterocycles. The predicted octanol–water partition coefficient (Wildman–Crippen LogP) is 2.37. The molecule has 0 bridgehead atoms. The van der Waals surface area contributed by atoms with E-state index in [4.69, 9.17) is 9.15 Å². The van der Waals surface area contributed by atoms with Crippen molar-refractivity contribution in [2.24, 2.45) is 0 Å². The average molecular weight is 307 g/mol. The number of nitrogens with one attached hydrogen (secondary N) is 1. The molecule has 0 atom stereocenters. The van der Waals surface area contributed by atoms with E-state index >= 15 is 0 Å². The Labute approximate surface area is 120 Å². The molecule has 1 saturated heterocycles. The van der Waals surface area contributed by atoms with Crippen molar-refractivity contribution in [1.29, 1.82) is 0 Å². The number of halogens is 2. The van der Waals surface area contributed by atoms with Gasteiger partial charge in [0.25, 0.3) is 5.76 Å². The van der Waals surface area contributed by atoms with Gasteiger partial charge in [0.2, 0.25) is 0 Å². The first-order valence-corrected chi connectivity index (χ1v) is 7.60. The van der Waals surface area contributed by atoms with Crippen molar-refractivity contribution in [3.8, 4) is 0 Å². The summed E-state index contributed by atoms with van der Waals surface area (Å²) in [5, 5.41) is 13.4. The number of hydrogen-bond donors (Lipinski definition) is 2. The van der Waals surface area contributed by atoms with E-state index in [-0.39, 0.29) is 5.75 Å². The zero-order valence-electron chi connectivity index (χ0n) is 11.1. The molecule has 1 aliphatic rings. The Kier molecular flexibility index (Phi) is 5.83. The van der Waals surface area contributed by atoms with Crippen LogP contribution in [0.3, 0.4) is 0 Å². The van der Waals surface area contributed by atoms with Crippen LogP contribution in [0.5, 0.6) is 0 Å². The lowest BCUT2D eigenvalue weighted by atomic mass is 9.94. The number of aliphatic hydroxyl groups is 1. The molecule has 1 aromatic rings. The first-order chi connectivity index (χ1) is 9.57. The molecule has 1 fully saturated rings. The van der Waals surface area contributed by atoms with Crippen LogP contribution in [-0.4, -0.2) is 36.2 Å². The minimum Gasteiger partial charge on any atom is -0.464 e. The molecule has 0 unspecified atom stereocenters. The second-order valence-electron chi connectivity index (χ2n) is 4.88. The molecule has 0 spiro atoms. The van der Waals surface area contributed by atoms with E-state index in [1.165, 1.54) is 0 Å². The van der Waals surface area contributed by atoms with Crippen LogP contribution in [0.2, 0.25) is 0 Å². The normalized spacial score (nSPS) is 18.6. The van der Waals surface area contributed by atoms with Crippen LogP contribution in [0.15, 0.2) is 16.5 Å². The Bertz CT molecular complexity index is 408. The first-order valence-electron chi connectivity index (χ1n) is 6.56. The summed E-state index contributed by atoms with van der Waals surface area (Å²) in [5.41, 5.74) is -0.723. The summed E-state index contributed by atoms with van der Waals surface area (Å²) in [6.45, 7) is 2.10. The standard InChI is InChI=1S/C13H19F2NO3S/c14-12(15)20-8-11-2-1-10(19-11)7-16-9-13(17)3-5-18-6-4-13/h1-2,12,16-17H,3-9H2. The van der Waals surface area contributed by atoms with Crippen LogP contribution in [0.4, 0.5) is 8.78 Å². The van der Waals surface area contributed by atoms with Gasteiger partial charge < -0.3 is 19.6 Å². The molecule has 7 heteroatoms. The van der Waals surface area contributed by atoms with Gasteiger partial charge in [0, 0.05) is 32.6 Å². The van der Waals surface area contributed by atoms with Crippen LogP contribution in [0.25, 0.3) is 0 Å². The van der Waals surface area contributed by atoms with Crippen molar-refractivity contribution in [3.05, 3.63) is 23.7 Å². The lowest BCUT2D eigenvalue weighted by molar-refractivity contribution is -0.0618. The van der Waals surface area contributed by atoms with E-state index in [0.717, 1.165) is 0 Å². The van der Waals surface area contributed by atoms with Crippen LogP contribution in [0, 0.1) is 0 Å². The van der Waals surface area contributed by atoms with Gasteiger partial charge in [-0.2, -0.15) is 8.78 Å². The second kappa shape index (κ2) is 7.40. The van der Waals surface area contributed by atoms with Crippen molar-refractivity contribution < 1.29 is 23.0 Å². The number of furan rings is 1. The molecule has 0 saturated carbocycles. The molecule has 0 amide bonds. The highest BCUT2D eigenvalue weighted by atomic mass is 32.2. The van der Waals surface area contributed by atoms with Crippen molar-refractivity contribution in [3.63, 3.8) is 0 Å². The summed E-state index contributed by atoms with van der Waals surface area (Å²) in [6, 6.07) is 3.47. The van der Waals surface area contributed by atoms with Gasteiger partial charge in [-0.15, -0.1) is 0 Å². The molecular weight excluding hydrogens is 288 g/mol. The minimum absolute atomic E-state index is 0.166. The minimum atomic E-state index is -2.38. The number of rotatable bonds is 7. The lowest BCUT2D eigenvalue weighted by Gasteiger charge is -2.32. The summed E-state index contributed by atoms with van der Waals surface area (Å²) in [7, 11) is 0. The molecule has 114 valence electrons. The SMILES string of the molecule is OC1(CNCc2ccc(CSC(F)F)o2)CCOCC1. The molecule has 4 nitrogen and oxygen atoms in total. The van der Waals surface area contributed by atoms with Gasteiger partial charge in [0.15, 0.2) is 0 Å². The molecule has 2 N–H and O–H groups in total. The van der Waals surface area contributed by atoms with Crippen LogP contribution < -0.4 is 5.32 Å². The topological polar surface area (TPSA) is 54.6 Å². The van der Waals surface area contributed by atoms with Crippen LogP contribution in [0.1, 0.15) is 24.4 Å². The maximum absolute atomic E-state index is 12.0. The first kappa shape index (κ1) is 15.8. The molecule has 1 aromatic heterocycles. The summed E-state index contributed by atoms with van der Waals surface area (Å²) in [4.78, 5) is 0. The molecule has 0 radical (unpaired) electrons. The van der Waals surface area contributed by atoms with Gasteiger partial charge in [0.1, 0.15) is 11.5 Å². The van der Waals surface area contributed by atoms with Gasteiger partial charge >= 0.3 is 0 Å². The molecular formula is C13H19F2NO3S. The van der Waals surface area contributed by atoms with E-state index in [1.54, 1.807) is 12.1 Å². The average Bonchev–Trinajstić information content (AvgIpc) is 2.85. The Balaban J connectivity index is 1.71. The van der Waals surface area contributed by atoms with Gasteiger partial charge in [-0.1, -0.05) is 11.8 Å². The van der Waals surface area contributed by atoms with E-state index in [9.17, 15) is 13.9 Å². The molecule has 0 aliphatic carbocycles. The predicted molar refractivity (Wildman–Crippen MR) is 72.7 cm³/mol. The van der Waals surface area contributed by atoms with Crippen LogP contribution >= 0.6 is 11.8 Å². The number of hydrogen-bond acceptors (Lipinski definition) is 5. The summed E-state index contributed by atoms with van der Waals surface area (Å²) in [6.07, 6.45) is 1.24. The van der Waals surface area contributed by atoms with E-state index in [1.807, 2.05) is 0 Å². The third-order valence-electron chi connectivity index (χ3n) is 3.25. The molecule has 1 aliphatic heterocycles. The van der Waals surface area contributed by atoms with Crippen molar-refractivity contribution in [2.45, 2.75) is 36.5 Å². The number of ether oxygens (including phenoxy) is 1. The van der Waals surface area contributed by atoms with Crippen molar-refractivity contribution in [1.82, 2.24) is 5.32 Å². The fraction of sp³-hybridized carbons (Fsp3) is 0.692. The smallest absolute Gasteiger partial charge is 0.284 e. The maximum Gasteiger partial charge on any atom is 0.284 e. The fourth-order valence-electron chi connectivity index (χ4n) is 2.09. The van der Waals surface area contributed by atoms with Crippen LogP contribution in [-0.2, 0) is 17.0 Å². The fourth-order valence-corrected chi connectivity index (χ4v) is 2.53. The van der Waals surface area contributed by atoms with Gasteiger partial charge in [-0.05, 0) is 12.1 Å². The van der Waals surface area contributed by atoms with Gasteiger partial charge in [-0.3, -0.25) is 0 Å². The zero-order chi connectivity index (χ0) is 14.4. The third-order valence-corrected chi connectivity index (χ3v) is 3.95. The lowest BCUT2D eigenvalue weighted by Crippen LogP contribution is -2.44. The van der Waals surface area contributed by atoms with Crippen molar-refractivity contribution >= 4 is 11.8 Å². The zero-order valence-corrected chi connectivity index (χ0v) is 11.9. The summed E-state index contributed by atoms with van der Waals surface area (Å²) in [5.74, 6) is -0.995. The maximum atomic E-state index is 12.0. The summed E-state index contributed by atoms with van der Waals surface area (Å²) < 4.78 is 34.7. The monoisotopic (exact) mass is 307 g/mol. The Morgan fingerprint density at radius 1 is 1.30 bits per heavy atom. The summed E-state index contributed by atoms with van der Waals surface area (Å²) >= 11 is 0.542. The Morgan fingerprint density at radius 3 is 2.70 bits per heavy atom. The van der Waals surface area contributed by atoms with Gasteiger partial charge in [0.05, 0.1) is 17.9 Å². The molecule has 2 rings (SSSR count). The van der Waals surface area contributed by atoms with E-state index in [0.29, 0.717) is 62.4 Å².